The molecular formula is C7H15N3S2. The summed E-state index contributed by atoms with van der Waals surface area (Å²) in [6.07, 6.45) is 0. The summed E-state index contributed by atoms with van der Waals surface area (Å²) in [5.41, 5.74) is 5.41. The molecule has 1 aliphatic rings. The Balaban J connectivity index is 2.30. The van der Waals surface area contributed by atoms with Gasteiger partial charge in [-0.25, -0.2) is 0 Å². The monoisotopic (exact) mass is 205 g/mol. The van der Waals surface area contributed by atoms with E-state index in [1.54, 1.807) is 11.8 Å². The van der Waals surface area contributed by atoms with Crippen LogP contribution in [0.5, 0.6) is 0 Å². The van der Waals surface area contributed by atoms with Gasteiger partial charge in [0.1, 0.15) is 10.4 Å². The van der Waals surface area contributed by atoms with Crippen molar-refractivity contribution in [3.05, 3.63) is 0 Å². The maximum Gasteiger partial charge on any atom is 0.104 e. The third kappa shape index (κ3) is 2.90. The van der Waals surface area contributed by atoms with Crippen molar-refractivity contribution >= 4 is 29.0 Å². The van der Waals surface area contributed by atoms with Crippen molar-refractivity contribution in [2.75, 3.05) is 18.8 Å². The second-order valence-electron chi connectivity index (χ2n) is 2.86. The zero-order chi connectivity index (χ0) is 8.97. The minimum absolute atomic E-state index is 0.264. The molecule has 5 heteroatoms. The van der Waals surface area contributed by atoms with Crippen molar-refractivity contribution in [2.24, 2.45) is 5.73 Å². The lowest BCUT2D eigenvalue weighted by Gasteiger charge is -2.30. The van der Waals surface area contributed by atoms with Crippen molar-refractivity contribution in [1.29, 1.82) is 0 Å². The smallest absolute Gasteiger partial charge is 0.104 e. The second kappa shape index (κ2) is 5.01. The van der Waals surface area contributed by atoms with Crippen LogP contribution >= 0.6 is 24.0 Å². The molecular weight excluding hydrogens is 190 g/mol. The number of rotatable bonds is 3. The molecule has 0 saturated carbocycles. The van der Waals surface area contributed by atoms with Gasteiger partial charge < -0.3 is 11.1 Å². The minimum Gasteiger partial charge on any atom is -0.374 e. The topological polar surface area (TPSA) is 50.1 Å². The molecule has 0 aromatic carbocycles. The van der Waals surface area contributed by atoms with Crippen molar-refractivity contribution in [3.8, 4) is 0 Å². The van der Waals surface area contributed by atoms with E-state index >= 15 is 0 Å². The fraction of sp³-hybridized carbons (Fsp3) is 0.857. The Morgan fingerprint density at radius 1 is 1.75 bits per heavy atom. The maximum absolute atomic E-state index is 5.41. The number of thioether (sulfide) groups is 1. The molecule has 2 unspecified atom stereocenters. The average Bonchev–Trinajstić information content (AvgIpc) is 2.03. The lowest BCUT2D eigenvalue weighted by Crippen LogP contribution is -2.55. The summed E-state index contributed by atoms with van der Waals surface area (Å²) in [5.74, 6) is 0.952. The first kappa shape index (κ1) is 10.2. The molecule has 3 nitrogen and oxygen atoms in total. The molecule has 4 N–H and O–H groups in total. The minimum atomic E-state index is 0.264. The summed E-state index contributed by atoms with van der Waals surface area (Å²) in [7, 11) is 0. The highest BCUT2D eigenvalue weighted by Gasteiger charge is 2.21. The lowest BCUT2D eigenvalue weighted by atomic mass is 10.3. The van der Waals surface area contributed by atoms with E-state index in [-0.39, 0.29) is 5.37 Å². The molecule has 1 aliphatic heterocycles. The van der Waals surface area contributed by atoms with Crippen molar-refractivity contribution < 1.29 is 0 Å². The summed E-state index contributed by atoms with van der Waals surface area (Å²) < 4.78 is 0. The summed E-state index contributed by atoms with van der Waals surface area (Å²) in [6, 6.07) is 0.451. The predicted octanol–water partition coefficient (Wildman–Crippen LogP) is -0.0869. The molecule has 70 valence electrons. The van der Waals surface area contributed by atoms with Gasteiger partial charge in [-0.2, -0.15) is 0 Å². The number of nitrogens with one attached hydrogen (secondary N) is 2. The standard InChI is InChI=1S/C7H15N3S2/c1-5-4-9-7(6(11)10-5)12-3-2-8/h5,7,9H,2-4,8H2,1H3,(H,10,11). The first-order valence-electron chi connectivity index (χ1n) is 4.09. The molecule has 12 heavy (non-hydrogen) atoms. The Kier molecular flexibility index (Phi) is 4.28. The van der Waals surface area contributed by atoms with Gasteiger partial charge in [-0.15, -0.1) is 11.8 Å². The van der Waals surface area contributed by atoms with E-state index in [0.717, 1.165) is 17.3 Å². The Hall–Kier alpha value is 0.160. The van der Waals surface area contributed by atoms with Gasteiger partial charge in [0.05, 0.1) is 0 Å². The molecule has 0 bridgehead atoms. The molecule has 0 aliphatic carbocycles. The zero-order valence-corrected chi connectivity index (χ0v) is 8.80. The number of hydrogen-bond donors (Lipinski definition) is 3. The number of hydrogen-bond acceptors (Lipinski definition) is 4. The molecule has 0 spiro atoms. The SMILES string of the molecule is CC1CNC(SCCN)C(=S)N1. The summed E-state index contributed by atoms with van der Waals surface area (Å²) in [6.45, 7) is 3.80. The van der Waals surface area contributed by atoms with Crippen LogP contribution in [0.25, 0.3) is 0 Å². The zero-order valence-electron chi connectivity index (χ0n) is 7.17. The lowest BCUT2D eigenvalue weighted by molar-refractivity contribution is 0.547. The van der Waals surface area contributed by atoms with Gasteiger partial charge in [0.25, 0.3) is 0 Å². The molecule has 1 rings (SSSR count). The van der Waals surface area contributed by atoms with E-state index in [2.05, 4.69) is 17.6 Å². The van der Waals surface area contributed by atoms with Crippen molar-refractivity contribution in [3.63, 3.8) is 0 Å². The molecule has 1 heterocycles. The summed E-state index contributed by atoms with van der Waals surface area (Å²) in [4.78, 5) is 0.909. The molecule has 0 radical (unpaired) electrons. The van der Waals surface area contributed by atoms with Gasteiger partial charge in [0.15, 0.2) is 0 Å². The van der Waals surface area contributed by atoms with E-state index < -0.39 is 0 Å². The fourth-order valence-corrected chi connectivity index (χ4v) is 2.36. The predicted molar refractivity (Wildman–Crippen MR) is 58.5 cm³/mol. The van der Waals surface area contributed by atoms with Gasteiger partial charge in [-0.1, -0.05) is 12.2 Å². The van der Waals surface area contributed by atoms with E-state index in [1.807, 2.05) is 0 Å². The van der Waals surface area contributed by atoms with Crippen LogP contribution < -0.4 is 16.4 Å². The van der Waals surface area contributed by atoms with Crippen molar-refractivity contribution in [2.45, 2.75) is 18.3 Å². The van der Waals surface area contributed by atoms with Crippen LogP contribution in [0.15, 0.2) is 0 Å². The first-order chi connectivity index (χ1) is 5.74. The van der Waals surface area contributed by atoms with Crippen LogP contribution in [-0.4, -0.2) is 35.2 Å². The third-order valence-corrected chi connectivity index (χ3v) is 3.35. The van der Waals surface area contributed by atoms with Gasteiger partial charge in [-0.3, -0.25) is 5.32 Å². The Labute approximate surface area is 82.8 Å². The molecule has 1 fully saturated rings. The van der Waals surface area contributed by atoms with E-state index in [9.17, 15) is 0 Å². The highest BCUT2D eigenvalue weighted by molar-refractivity contribution is 8.01. The third-order valence-electron chi connectivity index (χ3n) is 1.64. The van der Waals surface area contributed by atoms with Crippen LogP contribution in [0, 0.1) is 0 Å². The maximum atomic E-state index is 5.41. The highest BCUT2D eigenvalue weighted by Crippen LogP contribution is 2.11. The average molecular weight is 205 g/mol. The van der Waals surface area contributed by atoms with E-state index in [4.69, 9.17) is 18.0 Å². The van der Waals surface area contributed by atoms with Gasteiger partial charge in [0, 0.05) is 24.9 Å². The number of thiocarbonyl (C=S) groups is 1. The Morgan fingerprint density at radius 3 is 3.08 bits per heavy atom. The van der Waals surface area contributed by atoms with Crippen LogP contribution in [0.4, 0.5) is 0 Å². The largest absolute Gasteiger partial charge is 0.374 e. The Morgan fingerprint density at radius 2 is 2.50 bits per heavy atom. The van der Waals surface area contributed by atoms with Crippen LogP contribution in [-0.2, 0) is 0 Å². The summed E-state index contributed by atoms with van der Waals surface area (Å²) >= 11 is 6.95. The molecule has 1 saturated heterocycles. The van der Waals surface area contributed by atoms with Gasteiger partial charge in [-0.05, 0) is 6.92 Å². The fourth-order valence-electron chi connectivity index (χ4n) is 1.07. The van der Waals surface area contributed by atoms with E-state index in [1.165, 1.54) is 0 Å². The first-order valence-corrected chi connectivity index (χ1v) is 5.55. The Bertz CT molecular complexity index is 161. The molecule has 0 aromatic rings. The molecule has 0 aromatic heterocycles. The van der Waals surface area contributed by atoms with Gasteiger partial charge >= 0.3 is 0 Å². The van der Waals surface area contributed by atoms with Crippen LogP contribution in [0.2, 0.25) is 0 Å². The van der Waals surface area contributed by atoms with Crippen LogP contribution in [0.3, 0.4) is 0 Å². The number of piperazine rings is 1. The molecule has 0 amide bonds. The number of nitrogens with two attached hydrogens (primary N) is 1. The quantitative estimate of drug-likeness (QED) is 0.562. The van der Waals surface area contributed by atoms with Crippen LogP contribution in [0.1, 0.15) is 6.92 Å². The molecule has 2 atom stereocenters. The van der Waals surface area contributed by atoms with E-state index in [0.29, 0.717) is 12.6 Å². The summed E-state index contributed by atoms with van der Waals surface area (Å²) in [5, 5.41) is 6.87. The second-order valence-corrected chi connectivity index (χ2v) is 4.51. The van der Waals surface area contributed by atoms with Gasteiger partial charge in [0.2, 0.25) is 0 Å². The normalized spacial score (nSPS) is 30.0. The van der Waals surface area contributed by atoms with Crippen molar-refractivity contribution in [1.82, 2.24) is 10.6 Å². The highest BCUT2D eigenvalue weighted by atomic mass is 32.2.